The molecule has 0 bridgehead atoms. The predicted molar refractivity (Wildman–Crippen MR) is 114 cm³/mol. The average molecular weight is 427 g/mol. The number of carbonyl (C=O) groups is 2. The highest BCUT2D eigenvalue weighted by Crippen LogP contribution is 2.28. The second kappa shape index (κ2) is 8.31. The van der Waals surface area contributed by atoms with Crippen LogP contribution in [0.25, 0.3) is 10.6 Å². The van der Waals surface area contributed by atoms with E-state index in [0.717, 1.165) is 22.6 Å². The van der Waals surface area contributed by atoms with Gasteiger partial charge < -0.3 is 4.90 Å². The van der Waals surface area contributed by atoms with Crippen molar-refractivity contribution in [2.45, 2.75) is 25.8 Å². The van der Waals surface area contributed by atoms with E-state index in [0.29, 0.717) is 28.7 Å². The summed E-state index contributed by atoms with van der Waals surface area (Å²) in [5.41, 5.74) is 2.57. The Bertz CT molecular complexity index is 1070. The molecule has 8 heteroatoms. The monoisotopic (exact) mass is 426 g/mol. The maximum atomic E-state index is 12.8. The van der Waals surface area contributed by atoms with Gasteiger partial charge in [-0.05, 0) is 44.0 Å². The summed E-state index contributed by atoms with van der Waals surface area (Å²) < 4.78 is 0. The summed E-state index contributed by atoms with van der Waals surface area (Å²) >= 11 is 7.32. The summed E-state index contributed by atoms with van der Waals surface area (Å²) in [6.07, 6.45) is 1.39. The number of nitrogens with zero attached hydrogens (tertiary/aromatic N) is 3. The molecule has 4 rings (SSSR count). The van der Waals surface area contributed by atoms with Crippen LogP contribution in [-0.2, 0) is 4.79 Å². The third-order valence-corrected chi connectivity index (χ3v) is 5.93. The molecule has 0 spiro atoms. The molecule has 6 nitrogen and oxygen atoms in total. The fraction of sp³-hybridized carbons (Fsp3) is 0.238. The van der Waals surface area contributed by atoms with E-state index >= 15 is 0 Å². The van der Waals surface area contributed by atoms with Gasteiger partial charge in [-0.2, -0.15) is 0 Å². The molecule has 1 aliphatic rings. The van der Waals surface area contributed by atoms with Crippen LogP contribution in [0.2, 0.25) is 5.02 Å². The lowest BCUT2D eigenvalue weighted by atomic mass is 10.1. The van der Waals surface area contributed by atoms with Gasteiger partial charge in [0.1, 0.15) is 11.0 Å². The van der Waals surface area contributed by atoms with Gasteiger partial charge >= 0.3 is 0 Å². The lowest BCUT2D eigenvalue weighted by Crippen LogP contribution is -2.43. The van der Waals surface area contributed by atoms with Crippen LogP contribution in [0.5, 0.6) is 0 Å². The standard InChI is InChI=1S/C21H19ClN4O2S/c1-13-5-2-6-14(11-13)19-24-25-21(29-19)23-18(27)17-9-4-10-26(17)20(28)15-7-3-8-16(22)12-15/h2-3,5-8,11-12,17H,4,9-10H2,1H3,(H,23,25,27). The van der Waals surface area contributed by atoms with Gasteiger partial charge in [0.15, 0.2) is 0 Å². The van der Waals surface area contributed by atoms with E-state index in [1.807, 2.05) is 31.2 Å². The summed E-state index contributed by atoms with van der Waals surface area (Å²) in [6, 6.07) is 14.2. The Balaban J connectivity index is 1.47. The van der Waals surface area contributed by atoms with Crippen molar-refractivity contribution < 1.29 is 9.59 Å². The second-order valence-corrected chi connectivity index (χ2v) is 8.35. The van der Waals surface area contributed by atoms with Crippen LogP contribution in [0, 0.1) is 6.92 Å². The van der Waals surface area contributed by atoms with Crippen LogP contribution in [0.1, 0.15) is 28.8 Å². The number of aromatic nitrogens is 2. The molecule has 2 aromatic carbocycles. The van der Waals surface area contributed by atoms with E-state index in [4.69, 9.17) is 11.6 Å². The summed E-state index contributed by atoms with van der Waals surface area (Å²) in [5, 5.41) is 12.7. The van der Waals surface area contributed by atoms with Crippen molar-refractivity contribution >= 4 is 39.9 Å². The Morgan fingerprint density at radius 3 is 2.79 bits per heavy atom. The number of halogens is 1. The number of benzene rings is 2. The lowest BCUT2D eigenvalue weighted by Gasteiger charge is -2.23. The molecular weight excluding hydrogens is 408 g/mol. The minimum absolute atomic E-state index is 0.192. The maximum Gasteiger partial charge on any atom is 0.254 e. The molecule has 1 aromatic heterocycles. The first-order valence-corrected chi connectivity index (χ1v) is 10.5. The minimum atomic E-state index is -0.534. The predicted octanol–water partition coefficient (Wildman–Crippen LogP) is 4.41. The van der Waals surface area contributed by atoms with Gasteiger partial charge in [-0.15, -0.1) is 10.2 Å². The van der Waals surface area contributed by atoms with Crippen molar-refractivity contribution in [3.63, 3.8) is 0 Å². The molecule has 29 heavy (non-hydrogen) atoms. The van der Waals surface area contributed by atoms with Gasteiger partial charge in [0.05, 0.1) is 0 Å². The third kappa shape index (κ3) is 4.31. The Morgan fingerprint density at radius 2 is 2.00 bits per heavy atom. The largest absolute Gasteiger partial charge is 0.327 e. The van der Waals surface area contributed by atoms with E-state index in [1.54, 1.807) is 29.2 Å². The first-order valence-electron chi connectivity index (χ1n) is 9.29. The third-order valence-electron chi connectivity index (χ3n) is 4.81. The summed E-state index contributed by atoms with van der Waals surface area (Å²) in [7, 11) is 0. The molecule has 1 fully saturated rings. The van der Waals surface area contributed by atoms with Crippen molar-refractivity contribution in [3.05, 3.63) is 64.7 Å². The maximum absolute atomic E-state index is 12.8. The summed E-state index contributed by atoms with van der Waals surface area (Å²) in [4.78, 5) is 27.3. The van der Waals surface area contributed by atoms with Crippen molar-refractivity contribution in [2.75, 3.05) is 11.9 Å². The number of likely N-dealkylation sites (tertiary alicyclic amines) is 1. The molecule has 1 unspecified atom stereocenters. The number of rotatable bonds is 4. The summed E-state index contributed by atoms with van der Waals surface area (Å²) in [6.45, 7) is 2.55. The molecule has 1 saturated heterocycles. The molecule has 0 saturated carbocycles. The number of carbonyl (C=O) groups excluding carboxylic acids is 2. The first kappa shape index (κ1) is 19.5. The van der Waals surface area contributed by atoms with E-state index < -0.39 is 6.04 Å². The lowest BCUT2D eigenvalue weighted by molar-refractivity contribution is -0.119. The SMILES string of the molecule is Cc1cccc(-c2nnc(NC(=O)C3CCCN3C(=O)c3cccc(Cl)c3)s2)c1. The zero-order valence-corrected chi connectivity index (χ0v) is 17.3. The Hall–Kier alpha value is -2.77. The van der Waals surface area contributed by atoms with Crippen molar-refractivity contribution in [2.24, 2.45) is 0 Å². The molecule has 1 N–H and O–H groups in total. The summed E-state index contributed by atoms with van der Waals surface area (Å²) in [5.74, 6) is -0.437. The number of nitrogens with one attached hydrogen (secondary N) is 1. The van der Waals surface area contributed by atoms with Crippen LogP contribution < -0.4 is 5.32 Å². The van der Waals surface area contributed by atoms with Gasteiger partial charge in [0.25, 0.3) is 5.91 Å². The topological polar surface area (TPSA) is 75.2 Å². The number of hydrogen-bond acceptors (Lipinski definition) is 5. The van der Waals surface area contributed by atoms with Crippen molar-refractivity contribution in [1.82, 2.24) is 15.1 Å². The zero-order chi connectivity index (χ0) is 20.4. The van der Waals surface area contributed by atoms with Gasteiger partial charge in [0, 0.05) is 22.7 Å². The smallest absolute Gasteiger partial charge is 0.254 e. The fourth-order valence-corrected chi connectivity index (χ4v) is 4.36. The Labute approximate surface area is 177 Å². The zero-order valence-electron chi connectivity index (χ0n) is 15.8. The highest BCUT2D eigenvalue weighted by Gasteiger charge is 2.35. The van der Waals surface area contributed by atoms with E-state index in [9.17, 15) is 9.59 Å². The molecule has 2 heterocycles. The Kier molecular flexibility index (Phi) is 5.60. The molecule has 2 amide bonds. The quantitative estimate of drug-likeness (QED) is 0.670. The van der Waals surface area contributed by atoms with Gasteiger partial charge in [0.2, 0.25) is 11.0 Å². The molecule has 3 aromatic rings. The van der Waals surface area contributed by atoms with E-state index in [-0.39, 0.29) is 11.8 Å². The van der Waals surface area contributed by atoms with Crippen molar-refractivity contribution in [3.8, 4) is 10.6 Å². The normalized spacial score (nSPS) is 16.1. The van der Waals surface area contributed by atoms with Gasteiger partial charge in [-0.3, -0.25) is 14.9 Å². The Morgan fingerprint density at radius 1 is 1.17 bits per heavy atom. The number of amides is 2. The van der Waals surface area contributed by atoms with Gasteiger partial charge in [-0.25, -0.2) is 0 Å². The van der Waals surface area contributed by atoms with Gasteiger partial charge in [-0.1, -0.05) is 52.8 Å². The fourth-order valence-electron chi connectivity index (χ4n) is 3.43. The number of aryl methyl sites for hydroxylation is 1. The van der Waals surface area contributed by atoms with Crippen LogP contribution in [0.4, 0.5) is 5.13 Å². The number of anilines is 1. The highest BCUT2D eigenvalue weighted by molar-refractivity contribution is 7.18. The minimum Gasteiger partial charge on any atom is -0.327 e. The van der Waals surface area contributed by atoms with Crippen LogP contribution >= 0.6 is 22.9 Å². The molecule has 0 aliphatic carbocycles. The first-order chi connectivity index (χ1) is 14.0. The molecular formula is C21H19ClN4O2S. The van der Waals surface area contributed by atoms with Crippen molar-refractivity contribution in [1.29, 1.82) is 0 Å². The second-order valence-electron chi connectivity index (χ2n) is 6.94. The molecule has 1 atom stereocenters. The molecule has 0 radical (unpaired) electrons. The average Bonchev–Trinajstić information content (AvgIpc) is 3.37. The molecule has 148 valence electrons. The number of hydrogen-bond donors (Lipinski definition) is 1. The van der Waals surface area contributed by atoms with E-state index in [2.05, 4.69) is 15.5 Å². The van der Waals surface area contributed by atoms with Crippen LogP contribution in [0.3, 0.4) is 0 Å². The van der Waals surface area contributed by atoms with Crippen LogP contribution in [0.15, 0.2) is 48.5 Å². The van der Waals surface area contributed by atoms with Crippen LogP contribution in [-0.4, -0.2) is 39.5 Å². The van der Waals surface area contributed by atoms with E-state index in [1.165, 1.54) is 11.3 Å². The molecule has 1 aliphatic heterocycles. The highest BCUT2D eigenvalue weighted by atomic mass is 35.5.